The third-order valence-electron chi connectivity index (χ3n) is 3.12. The second-order valence-corrected chi connectivity index (χ2v) is 6.18. The summed E-state index contributed by atoms with van der Waals surface area (Å²) in [5.41, 5.74) is 8.37. The summed E-state index contributed by atoms with van der Waals surface area (Å²) in [4.78, 5) is 6.05. The van der Waals surface area contributed by atoms with Crippen LogP contribution in [0.1, 0.15) is 11.1 Å². The number of hydrogen-bond acceptors (Lipinski definition) is 4. The molecule has 0 saturated carbocycles. The number of hydrogen-bond donors (Lipinski definition) is 1. The van der Waals surface area contributed by atoms with E-state index in [2.05, 4.69) is 5.16 Å². The molecule has 22 heavy (non-hydrogen) atoms. The second kappa shape index (κ2) is 8.46. The summed E-state index contributed by atoms with van der Waals surface area (Å²) in [6.07, 6.45) is 2.33. The number of oxime groups is 1. The van der Waals surface area contributed by atoms with Crippen LogP contribution in [0.4, 0.5) is 0 Å². The molecule has 2 rings (SSSR count). The molecule has 1 atom stereocenters. The quantitative estimate of drug-likeness (QED) is 0.484. The molecule has 0 spiro atoms. The summed E-state index contributed by atoms with van der Waals surface area (Å²) in [5.74, 6) is 0. The van der Waals surface area contributed by atoms with Crippen molar-refractivity contribution in [1.29, 1.82) is 0 Å². The van der Waals surface area contributed by atoms with Gasteiger partial charge in [-0.1, -0.05) is 47.6 Å². The van der Waals surface area contributed by atoms with Crippen LogP contribution in [0.25, 0.3) is 0 Å². The summed E-state index contributed by atoms with van der Waals surface area (Å²) >= 11 is 0. The number of benzene rings is 2. The predicted octanol–water partition coefficient (Wildman–Crippen LogP) is 2.35. The Morgan fingerprint density at radius 3 is 2.41 bits per heavy atom. The lowest BCUT2D eigenvalue weighted by molar-refractivity contribution is 0.152. The third-order valence-corrected chi connectivity index (χ3v) is 4.05. The first-order chi connectivity index (χ1) is 10.7. The van der Waals surface area contributed by atoms with Crippen molar-refractivity contribution in [3.8, 4) is 0 Å². The Morgan fingerprint density at radius 2 is 1.82 bits per heavy atom. The highest BCUT2D eigenvalue weighted by Gasteiger charge is 2.07. The highest BCUT2D eigenvalue weighted by molar-refractivity contribution is 7.84. The van der Waals surface area contributed by atoms with E-state index in [1.54, 1.807) is 6.26 Å². The van der Waals surface area contributed by atoms with Crippen LogP contribution in [0.2, 0.25) is 0 Å². The first-order valence-corrected chi connectivity index (χ1v) is 8.63. The minimum atomic E-state index is -0.983. The largest absolute Gasteiger partial charge is 0.394 e. The fourth-order valence-electron chi connectivity index (χ4n) is 1.99. The molecule has 0 amide bonds. The predicted molar refractivity (Wildman–Crippen MR) is 90.5 cm³/mol. The molecular formula is C17H20N2O2S. The van der Waals surface area contributed by atoms with Crippen LogP contribution < -0.4 is 5.73 Å². The smallest absolute Gasteiger partial charge is 0.129 e. The van der Waals surface area contributed by atoms with Gasteiger partial charge in [0.2, 0.25) is 0 Å². The molecule has 5 heteroatoms. The molecule has 0 aliphatic carbocycles. The van der Waals surface area contributed by atoms with Crippen molar-refractivity contribution in [2.75, 3.05) is 19.4 Å². The molecule has 0 saturated heterocycles. The Morgan fingerprint density at radius 1 is 1.14 bits per heavy atom. The third kappa shape index (κ3) is 4.79. The Hall–Kier alpha value is -1.98. The molecule has 0 aliphatic heterocycles. The highest BCUT2D eigenvalue weighted by Crippen LogP contribution is 2.12. The summed E-state index contributed by atoms with van der Waals surface area (Å²) < 4.78 is 11.5. The van der Waals surface area contributed by atoms with E-state index in [4.69, 9.17) is 10.6 Å². The minimum Gasteiger partial charge on any atom is -0.394 e. The standard InChI is InChI=1S/C17H20N2O2S/c1-22(20)16-9-7-15(8-10-16)17(19-21-12-11-18)13-14-5-3-2-4-6-14/h2-10H,11-13,18H2,1H3. The molecule has 4 nitrogen and oxygen atoms in total. The lowest BCUT2D eigenvalue weighted by Gasteiger charge is -2.08. The summed E-state index contributed by atoms with van der Waals surface area (Å²) in [5, 5.41) is 4.21. The first-order valence-electron chi connectivity index (χ1n) is 7.07. The monoisotopic (exact) mass is 316 g/mol. The molecule has 0 aliphatic rings. The van der Waals surface area contributed by atoms with E-state index in [9.17, 15) is 4.21 Å². The van der Waals surface area contributed by atoms with Gasteiger partial charge < -0.3 is 10.6 Å². The van der Waals surface area contributed by atoms with Gasteiger partial charge >= 0.3 is 0 Å². The van der Waals surface area contributed by atoms with Gasteiger partial charge in [0.05, 0.1) is 5.71 Å². The molecule has 116 valence electrons. The topological polar surface area (TPSA) is 64.7 Å². The van der Waals surface area contributed by atoms with Gasteiger partial charge in [-0.3, -0.25) is 4.21 Å². The molecule has 0 radical (unpaired) electrons. The van der Waals surface area contributed by atoms with Crippen LogP contribution >= 0.6 is 0 Å². The fraction of sp³-hybridized carbons (Fsp3) is 0.235. The maximum Gasteiger partial charge on any atom is 0.129 e. The lowest BCUT2D eigenvalue weighted by atomic mass is 10.0. The Kier molecular flexibility index (Phi) is 6.30. The Bertz CT molecular complexity index is 639. The van der Waals surface area contributed by atoms with Crippen molar-refractivity contribution >= 4 is 16.5 Å². The van der Waals surface area contributed by atoms with E-state index in [1.807, 2.05) is 54.6 Å². The Labute approximate surface area is 133 Å². The zero-order valence-corrected chi connectivity index (χ0v) is 13.4. The number of nitrogens with zero attached hydrogens (tertiary/aromatic N) is 1. The van der Waals surface area contributed by atoms with Gasteiger partial charge in [0.25, 0.3) is 0 Å². The molecular weight excluding hydrogens is 296 g/mol. The molecule has 2 N–H and O–H groups in total. The number of rotatable bonds is 7. The lowest BCUT2D eigenvalue weighted by Crippen LogP contribution is -2.10. The van der Waals surface area contributed by atoms with E-state index in [1.165, 1.54) is 0 Å². The SMILES string of the molecule is CS(=O)c1ccc(C(Cc2ccccc2)=NOCCN)cc1. The first kappa shape index (κ1) is 16.4. The van der Waals surface area contributed by atoms with Gasteiger partial charge in [-0.25, -0.2) is 0 Å². The van der Waals surface area contributed by atoms with Crippen LogP contribution in [0, 0.1) is 0 Å². The summed E-state index contributed by atoms with van der Waals surface area (Å²) in [7, 11) is -0.983. The van der Waals surface area contributed by atoms with Gasteiger partial charge in [-0.05, 0) is 23.3 Å². The summed E-state index contributed by atoms with van der Waals surface area (Å²) in [6.45, 7) is 0.811. The highest BCUT2D eigenvalue weighted by atomic mass is 32.2. The number of nitrogens with two attached hydrogens (primary N) is 1. The van der Waals surface area contributed by atoms with Crippen molar-refractivity contribution in [2.24, 2.45) is 10.9 Å². The molecule has 2 aromatic rings. The van der Waals surface area contributed by atoms with Crippen molar-refractivity contribution in [2.45, 2.75) is 11.3 Å². The average molecular weight is 316 g/mol. The molecule has 2 aromatic carbocycles. The molecule has 0 aromatic heterocycles. The molecule has 0 fully saturated rings. The van der Waals surface area contributed by atoms with Crippen molar-refractivity contribution in [3.63, 3.8) is 0 Å². The average Bonchev–Trinajstić information content (AvgIpc) is 2.55. The van der Waals surface area contributed by atoms with Crippen molar-refractivity contribution in [3.05, 3.63) is 65.7 Å². The van der Waals surface area contributed by atoms with E-state index in [-0.39, 0.29) is 0 Å². The minimum absolute atomic E-state index is 0.384. The van der Waals surface area contributed by atoms with Crippen LogP contribution in [0.3, 0.4) is 0 Å². The second-order valence-electron chi connectivity index (χ2n) is 4.80. The van der Waals surface area contributed by atoms with Crippen LogP contribution in [0.5, 0.6) is 0 Å². The van der Waals surface area contributed by atoms with Gasteiger partial charge in [0.15, 0.2) is 0 Å². The zero-order valence-electron chi connectivity index (χ0n) is 12.6. The van der Waals surface area contributed by atoms with Crippen LogP contribution in [-0.4, -0.2) is 29.3 Å². The Balaban J connectivity index is 2.23. The normalized spacial score (nSPS) is 12.9. The fourth-order valence-corrected chi connectivity index (χ4v) is 2.51. The van der Waals surface area contributed by atoms with Gasteiger partial charge in [0, 0.05) is 34.9 Å². The van der Waals surface area contributed by atoms with Gasteiger partial charge in [0.1, 0.15) is 6.61 Å². The van der Waals surface area contributed by atoms with Gasteiger partial charge in [-0.15, -0.1) is 0 Å². The molecule has 1 unspecified atom stereocenters. The van der Waals surface area contributed by atoms with E-state index >= 15 is 0 Å². The maximum absolute atomic E-state index is 11.5. The van der Waals surface area contributed by atoms with Gasteiger partial charge in [-0.2, -0.15) is 0 Å². The van der Waals surface area contributed by atoms with E-state index < -0.39 is 10.8 Å². The van der Waals surface area contributed by atoms with Crippen LogP contribution in [0.15, 0.2) is 64.6 Å². The van der Waals surface area contributed by atoms with Crippen molar-refractivity contribution in [1.82, 2.24) is 0 Å². The van der Waals surface area contributed by atoms with Crippen molar-refractivity contribution < 1.29 is 9.05 Å². The van der Waals surface area contributed by atoms with Crippen LogP contribution in [-0.2, 0) is 22.1 Å². The van der Waals surface area contributed by atoms with E-state index in [0.717, 1.165) is 21.7 Å². The maximum atomic E-state index is 11.5. The summed E-state index contributed by atoms with van der Waals surface area (Å²) in [6, 6.07) is 17.6. The van der Waals surface area contributed by atoms with E-state index in [0.29, 0.717) is 19.6 Å². The molecule has 0 bridgehead atoms. The zero-order chi connectivity index (χ0) is 15.8. The molecule has 0 heterocycles.